The van der Waals surface area contributed by atoms with Gasteiger partial charge in [0, 0.05) is 41.4 Å². The number of unbranched alkanes of at least 4 members (excludes halogenated alkanes) is 1. The second-order valence-corrected chi connectivity index (χ2v) is 16.5. The first-order valence-electron chi connectivity index (χ1n) is 18.9. The maximum Gasteiger partial charge on any atom is 0.407 e. The smallest absolute Gasteiger partial charge is 0.407 e. The Balaban J connectivity index is 1.29. The zero-order valence-electron chi connectivity index (χ0n) is 32.7. The summed E-state index contributed by atoms with van der Waals surface area (Å²) in [5, 5.41) is 9.68. The van der Waals surface area contributed by atoms with Gasteiger partial charge in [-0.15, -0.1) is 11.3 Å². The standard InChI is InChI=1S/C42H49N7O7S2/c1-30(2)14-23-39(50)49(47-40(51)33-17-15-32(16-18-33)38-28-57-41(46-38)45-35-12-9-24-43-27-35)36(29-58(53,54)48-34-19-21-37(55-3)22-20-34)13-7-8-25-56-42(52)44-26-31-10-5-4-6-11-31/h4-6,9-12,15-22,24,27-28,30,36,48H,7-8,13-14,23,25-26,29H2,1-3H3,(H,44,52)(H,45,46)(H,47,51)/t36-/m0/s1. The first-order chi connectivity index (χ1) is 28.0. The summed E-state index contributed by atoms with van der Waals surface area (Å²) in [4.78, 5) is 48.8. The van der Waals surface area contributed by atoms with Gasteiger partial charge in [0.15, 0.2) is 5.13 Å². The molecule has 0 saturated carbocycles. The average molecular weight is 828 g/mol. The fourth-order valence-corrected chi connectivity index (χ4v) is 7.91. The molecule has 2 aromatic heterocycles. The van der Waals surface area contributed by atoms with Crippen molar-refractivity contribution in [3.05, 3.63) is 120 Å². The molecule has 306 valence electrons. The van der Waals surface area contributed by atoms with Crippen molar-refractivity contribution < 1.29 is 32.3 Å². The Kier molecular flexibility index (Phi) is 16.0. The molecule has 2 heterocycles. The van der Waals surface area contributed by atoms with Gasteiger partial charge in [-0.1, -0.05) is 56.3 Å². The summed E-state index contributed by atoms with van der Waals surface area (Å²) in [6.07, 6.45) is 4.39. The number of anilines is 3. The minimum absolute atomic E-state index is 0.0736. The molecule has 4 N–H and O–H groups in total. The molecule has 14 nitrogen and oxygen atoms in total. The van der Waals surface area contributed by atoms with Gasteiger partial charge in [-0.3, -0.25) is 24.7 Å². The summed E-state index contributed by atoms with van der Waals surface area (Å²) in [5.74, 6) is -0.766. The summed E-state index contributed by atoms with van der Waals surface area (Å²) in [6, 6.07) is 25.4. The second kappa shape index (κ2) is 21.5. The van der Waals surface area contributed by atoms with Crippen molar-refractivity contribution in [1.29, 1.82) is 0 Å². The SMILES string of the molecule is COc1ccc(NS(=O)(=O)C[C@H](CCCCOC(=O)NCc2ccccc2)N(NC(=O)c2ccc(-c3csc(Nc4cccnc4)n3)cc2)C(=O)CCC(C)C)cc1. The Hall–Kier alpha value is -6.00. The number of benzene rings is 3. The van der Waals surface area contributed by atoms with E-state index in [4.69, 9.17) is 9.47 Å². The van der Waals surface area contributed by atoms with Gasteiger partial charge < -0.3 is 20.1 Å². The fraction of sp³-hybridized carbons (Fsp3) is 0.310. The van der Waals surface area contributed by atoms with E-state index in [1.54, 1.807) is 60.9 Å². The summed E-state index contributed by atoms with van der Waals surface area (Å²) < 4.78 is 40.5. The number of nitrogens with zero attached hydrogens (tertiary/aromatic N) is 3. The quantitative estimate of drug-likeness (QED) is 0.0447. The molecule has 0 fully saturated rings. The lowest BCUT2D eigenvalue weighted by Crippen LogP contribution is -2.54. The van der Waals surface area contributed by atoms with Gasteiger partial charge in [-0.2, -0.15) is 0 Å². The van der Waals surface area contributed by atoms with E-state index in [2.05, 4.69) is 30.7 Å². The third kappa shape index (κ3) is 13.9. The number of thiazole rings is 1. The maximum absolute atomic E-state index is 13.9. The van der Waals surface area contributed by atoms with E-state index < -0.39 is 39.7 Å². The number of carbonyl (C=O) groups excluding carboxylic acids is 3. The molecule has 0 bridgehead atoms. The predicted molar refractivity (Wildman–Crippen MR) is 226 cm³/mol. The molecular formula is C42H49N7O7S2. The van der Waals surface area contributed by atoms with Crippen molar-refractivity contribution in [2.75, 3.05) is 29.5 Å². The molecule has 0 radical (unpaired) electrons. The number of pyridine rings is 1. The number of carbonyl (C=O) groups is 3. The molecule has 5 aromatic rings. The molecule has 0 spiro atoms. The number of rotatable bonds is 20. The summed E-state index contributed by atoms with van der Waals surface area (Å²) in [6.45, 7) is 4.35. The Morgan fingerprint density at radius 2 is 1.64 bits per heavy atom. The molecule has 0 saturated heterocycles. The molecule has 0 unspecified atom stereocenters. The normalized spacial score (nSPS) is 11.7. The lowest BCUT2D eigenvalue weighted by atomic mass is 10.1. The molecule has 3 amide bonds. The van der Waals surface area contributed by atoms with Gasteiger partial charge in [-0.05, 0) is 85.7 Å². The second-order valence-electron chi connectivity index (χ2n) is 13.9. The number of methoxy groups -OCH3 is 1. The van der Waals surface area contributed by atoms with E-state index in [1.165, 1.54) is 18.4 Å². The number of hydrogen-bond acceptors (Lipinski definition) is 11. The summed E-state index contributed by atoms with van der Waals surface area (Å²) >= 11 is 1.43. The molecule has 1 atom stereocenters. The molecular weight excluding hydrogens is 779 g/mol. The van der Waals surface area contributed by atoms with Crippen molar-refractivity contribution in [3.8, 4) is 17.0 Å². The van der Waals surface area contributed by atoms with Crippen LogP contribution in [0.5, 0.6) is 5.75 Å². The fourth-order valence-electron chi connectivity index (χ4n) is 5.77. The third-order valence-corrected chi connectivity index (χ3v) is 11.0. The van der Waals surface area contributed by atoms with Crippen LogP contribution in [0.2, 0.25) is 0 Å². The number of aromatic nitrogens is 2. The summed E-state index contributed by atoms with van der Waals surface area (Å²) in [5.41, 5.74) is 6.55. The van der Waals surface area contributed by atoms with Crippen LogP contribution in [0.4, 0.5) is 21.3 Å². The van der Waals surface area contributed by atoms with E-state index in [1.807, 2.05) is 61.7 Å². The van der Waals surface area contributed by atoms with Gasteiger partial charge in [0.05, 0.1) is 43.1 Å². The van der Waals surface area contributed by atoms with Crippen LogP contribution in [0, 0.1) is 5.92 Å². The Labute approximate surface area is 343 Å². The number of hydrazine groups is 1. The van der Waals surface area contributed by atoms with Gasteiger partial charge in [0.2, 0.25) is 15.9 Å². The molecule has 3 aromatic carbocycles. The number of hydrogen-bond donors (Lipinski definition) is 4. The first-order valence-corrected chi connectivity index (χ1v) is 21.5. The van der Waals surface area contributed by atoms with E-state index in [0.717, 1.165) is 21.8 Å². The number of ether oxygens (including phenoxy) is 2. The highest BCUT2D eigenvalue weighted by molar-refractivity contribution is 7.92. The number of sulfonamides is 1. The van der Waals surface area contributed by atoms with Crippen LogP contribution in [0.1, 0.15) is 61.9 Å². The van der Waals surface area contributed by atoms with Gasteiger partial charge in [0.1, 0.15) is 5.75 Å². The number of alkyl carbamates (subject to hydrolysis) is 1. The lowest BCUT2D eigenvalue weighted by molar-refractivity contribution is -0.136. The summed E-state index contributed by atoms with van der Waals surface area (Å²) in [7, 11) is -2.54. The van der Waals surface area contributed by atoms with Gasteiger partial charge >= 0.3 is 6.09 Å². The molecule has 5 rings (SSSR count). The van der Waals surface area contributed by atoms with E-state index in [-0.39, 0.29) is 30.9 Å². The maximum atomic E-state index is 13.9. The van der Waals surface area contributed by atoms with Crippen LogP contribution in [-0.2, 0) is 26.1 Å². The van der Waals surface area contributed by atoms with Crippen LogP contribution in [0.25, 0.3) is 11.3 Å². The highest BCUT2D eigenvalue weighted by Crippen LogP contribution is 2.27. The topological polar surface area (TPSA) is 181 Å². The van der Waals surface area contributed by atoms with Crippen molar-refractivity contribution >= 4 is 55.8 Å². The minimum atomic E-state index is -4.05. The van der Waals surface area contributed by atoms with Crippen LogP contribution in [0.15, 0.2) is 109 Å². The molecule has 0 aliphatic heterocycles. The molecule has 16 heteroatoms. The third-order valence-electron chi connectivity index (χ3n) is 8.87. The zero-order chi connectivity index (χ0) is 41.3. The van der Waals surface area contributed by atoms with Crippen molar-refractivity contribution in [3.63, 3.8) is 0 Å². The van der Waals surface area contributed by atoms with E-state index in [0.29, 0.717) is 48.1 Å². The molecule has 0 aliphatic carbocycles. The number of amides is 3. The lowest BCUT2D eigenvalue weighted by Gasteiger charge is -2.32. The van der Waals surface area contributed by atoms with Crippen LogP contribution in [-0.4, -0.2) is 66.8 Å². The van der Waals surface area contributed by atoms with Gasteiger partial charge in [-0.25, -0.2) is 23.2 Å². The average Bonchev–Trinajstić information content (AvgIpc) is 3.69. The van der Waals surface area contributed by atoms with E-state index in [9.17, 15) is 22.8 Å². The number of nitrogens with one attached hydrogen (secondary N) is 4. The minimum Gasteiger partial charge on any atom is -0.497 e. The van der Waals surface area contributed by atoms with Gasteiger partial charge in [0.25, 0.3) is 5.91 Å². The van der Waals surface area contributed by atoms with Crippen LogP contribution < -0.4 is 25.5 Å². The Morgan fingerprint density at radius 1 is 0.879 bits per heavy atom. The van der Waals surface area contributed by atoms with Crippen molar-refractivity contribution in [2.45, 2.75) is 58.5 Å². The highest BCUT2D eigenvalue weighted by atomic mass is 32.2. The predicted octanol–water partition coefficient (Wildman–Crippen LogP) is 7.77. The van der Waals surface area contributed by atoms with E-state index >= 15 is 0 Å². The van der Waals surface area contributed by atoms with Crippen molar-refractivity contribution in [2.24, 2.45) is 5.92 Å². The Bertz CT molecular complexity index is 2170. The zero-order valence-corrected chi connectivity index (χ0v) is 34.4. The molecule has 58 heavy (non-hydrogen) atoms. The largest absolute Gasteiger partial charge is 0.497 e. The molecule has 0 aliphatic rings. The highest BCUT2D eigenvalue weighted by Gasteiger charge is 2.30. The monoisotopic (exact) mass is 827 g/mol. The first kappa shape index (κ1) is 43.1. The van der Waals surface area contributed by atoms with Crippen LogP contribution >= 0.6 is 11.3 Å². The van der Waals surface area contributed by atoms with Crippen LogP contribution in [0.3, 0.4) is 0 Å². The Morgan fingerprint density at radius 3 is 2.33 bits per heavy atom. The van der Waals surface area contributed by atoms with Crippen molar-refractivity contribution in [1.82, 2.24) is 25.7 Å².